The van der Waals surface area contributed by atoms with E-state index in [1.165, 1.54) is 11.6 Å². The molecule has 1 aromatic heterocycles. The summed E-state index contributed by atoms with van der Waals surface area (Å²) in [5, 5.41) is 4.50. The zero-order chi connectivity index (χ0) is 15.0. The van der Waals surface area contributed by atoms with E-state index in [1.807, 2.05) is 24.0 Å². The van der Waals surface area contributed by atoms with E-state index in [-0.39, 0.29) is 11.9 Å². The number of fused-ring (bicyclic) bond motifs is 1. The summed E-state index contributed by atoms with van der Waals surface area (Å²) in [7, 11) is 1.92. The van der Waals surface area contributed by atoms with Gasteiger partial charge in [0.1, 0.15) is 5.82 Å². The van der Waals surface area contributed by atoms with Gasteiger partial charge in [0.15, 0.2) is 0 Å². The fraction of sp³-hybridized carbons (Fsp3) is 0.438. The fourth-order valence-corrected chi connectivity index (χ4v) is 3.23. The van der Waals surface area contributed by atoms with Crippen LogP contribution in [0.15, 0.2) is 24.4 Å². The van der Waals surface area contributed by atoms with Gasteiger partial charge in [-0.1, -0.05) is 13.0 Å². The summed E-state index contributed by atoms with van der Waals surface area (Å²) in [4.78, 5) is 2.22. The molecule has 1 unspecified atom stereocenters. The third-order valence-corrected chi connectivity index (χ3v) is 4.21. The van der Waals surface area contributed by atoms with E-state index in [0.717, 1.165) is 36.3 Å². The Morgan fingerprint density at radius 3 is 2.95 bits per heavy atom. The van der Waals surface area contributed by atoms with Gasteiger partial charge >= 0.3 is 0 Å². The molecule has 1 aliphatic heterocycles. The number of halogens is 1. The van der Waals surface area contributed by atoms with E-state index in [1.54, 1.807) is 6.07 Å². The average molecular weight is 288 g/mol. The average Bonchev–Trinajstić information content (AvgIpc) is 3.04. The first-order valence-electron chi connectivity index (χ1n) is 7.41. The highest BCUT2D eigenvalue weighted by Crippen LogP contribution is 2.36. The van der Waals surface area contributed by atoms with Crippen LogP contribution in [0.3, 0.4) is 0 Å². The number of hydrogen-bond donors (Lipinski definition) is 1. The smallest absolute Gasteiger partial charge is 0.125 e. The lowest BCUT2D eigenvalue weighted by Gasteiger charge is -2.29. The molecule has 1 aliphatic rings. The Morgan fingerprint density at radius 1 is 1.43 bits per heavy atom. The van der Waals surface area contributed by atoms with Gasteiger partial charge in [-0.15, -0.1) is 0 Å². The van der Waals surface area contributed by atoms with Gasteiger partial charge in [0.25, 0.3) is 0 Å². The van der Waals surface area contributed by atoms with Gasteiger partial charge in [-0.05, 0) is 30.5 Å². The number of rotatable bonds is 4. The second-order valence-corrected chi connectivity index (χ2v) is 5.53. The molecule has 0 saturated carbocycles. The Balaban J connectivity index is 2.01. The Morgan fingerprint density at radius 2 is 2.24 bits per heavy atom. The first-order chi connectivity index (χ1) is 10.1. The third-order valence-electron chi connectivity index (χ3n) is 4.21. The monoisotopic (exact) mass is 288 g/mol. The van der Waals surface area contributed by atoms with Crippen molar-refractivity contribution in [1.29, 1.82) is 0 Å². The van der Waals surface area contributed by atoms with Crippen molar-refractivity contribution in [2.75, 3.05) is 18.0 Å². The number of anilines is 1. The van der Waals surface area contributed by atoms with Gasteiger partial charge in [0.05, 0.1) is 11.7 Å². The van der Waals surface area contributed by atoms with E-state index >= 15 is 0 Å². The van der Waals surface area contributed by atoms with Gasteiger partial charge in [0.2, 0.25) is 0 Å². The molecule has 1 atom stereocenters. The van der Waals surface area contributed by atoms with Crippen molar-refractivity contribution in [2.24, 2.45) is 12.8 Å². The van der Waals surface area contributed by atoms with E-state index in [4.69, 9.17) is 5.73 Å². The zero-order valence-corrected chi connectivity index (χ0v) is 12.5. The Hall–Kier alpha value is -1.88. The second-order valence-electron chi connectivity index (χ2n) is 5.53. The molecule has 3 rings (SSSR count). The molecule has 0 radical (unpaired) electrons. The maximum absolute atomic E-state index is 13.6. The van der Waals surface area contributed by atoms with Crippen LogP contribution in [0.25, 0.3) is 0 Å². The van der Waals surface area contributed by atoms with Crippen molar-refractivity contribution in [3.05, 3.63) is 47.0 Å². The minimum atomic E-state index is -0.196. The van der Waals surface area contributed by atoms with Crippen molar-refractivity contribution in [3.63, 3.8) is 0 Å². The van der Waals surface area contributed by atoms with Crippen LogP contribution in [-0.2, 0) is 19.9 Å². The molecule has 0 saturated heterocycles. The second kappa shape index (κ2) is 5.48. The molecule has 5 heteroatoms. The standard InChI is InChI=1S/C16H21FN4/c1-3-14-13(10-20(2)19-14)16(9-18)21-7-6-11-4-5-12(17)8-15(11)21/h4-5,8,10,16H,3,6-7,9,18H2,1-2H3. The number of nitrogens with zero attached hydrogens (tertiary/aromatic N) is 3. The number of nitrogens with two attached hydrogens (primary N) is 1. The molecule has 2 heterocycles. The lowest BCUT2D eigenvalue weighted by Crippen LogP contribution is -2.32. The predicted molar refractivity (Wildman–Crippen MR) is 81.8 cm³/mol. The lowest BCUT2D eigenvalue weighted by atomic mass is 10.0. The van der Waals surface area contributed by atoms with Crippen LogP contribution in [0.4, 0.5) is 10.1 Å². The van der Waals surface area contributed by atoms with E-state index in [0.29, 0.717) is 6.54 Å². The van der Waals surface area contributed by atoms with Crippen LogP contribution < -0.4 is 10.6 Å². The summed E-state index contributed by atoms with van der Waals surface area (Å²) >= 11 is 0. The van der Waals surface area contributed by atoms with E-state index < -0.39 is 0 Å². The van der Waals surface area contributed by atoms with Crippen molar-refractivity contribution < 1.29 is 4.39 Å². The molecule has 0 bridgehead atoms. The highest BCUT2D eigenvalue weighted by atomic mass is 19.1. The minimum absolute atomic E-state index is 0.0525. The Bertz CT molecular complexity index is 650. The van der Waals surface area contributed by atoms with Gasteiger partial charge < -0.3 is 10.6 Å². The van der Waals surface area contributed by atoms with Crippen molar-refractivity contribution in [1.82, 2.24) is 9.78 Å². The molecule has 112 valence electrons. The van der Waals surface area contributed by atoms with Crippen molar-refractivity contribution >= 4 is 5.69 Å². The number of aryl methyl sites for hydroxylation is 2. The largest absolute Gasteiger partial charge is 0.362 e. The summed E-state index contributed by atoms with van der Waals surface area (Å²) in [5.74, 6) is -0.196. The first kappa shape index (κ1) is 14.1. The number of aromatic nitrogens is 2. The maximum Gasteiger partial charge on any atom is 0.125 e. The molecule has 2 aromatic rings. The fourth-order valence-electron chi connectivity index (χ4n) is 3.23. The van der Waals surface area contributed by atoms with Gasteiger partial charge in [-0.25, -0.2) is 4.39 Å². The molecule has 0 spiro atoms. The molecule has 4 nitrogen and oxygen atoms in total. The number of benzene rings is 1. The lowest BCUT2D eigenvalue weighted by molar-refractivity contribution is 0.620. The van der Waals surface area contributed by atoms with Crippen LogP contribution in [0.5, 0.6) is 0 Å². The van der Waals surface area contributed by atoms with Crippen LogP contribution in [0.1, 0.15) is 29.8 Å². The quantitative estimate of drug-likeness (QED) is 0.938. The normalized spacial score (nSPS) is 15.3. The zero-order valence-electron chi connectivity index (χ0n) is 12.5. The summed E-state index contributed by atoms with van der Waals surface area (Å²) in [6.07, 6.45) is 3.85. The highest BCUT2D eigenvalue weighted by Gasteiger charge is 2.29. The van der Waals surface area contributed by atoms with Crippen LogP contribution in [0, 0.1) is 5.82 Å². The molecular formula is C16H21FN4. The maximum atomic E-state index is 13.6. The SMILES string of the molecule is CCc1nn(C)cc1C(CN)N1CCc2ccc(F)cc21. The minimum Gasteiger partial charge on any atom is -0.362 e. The van der Waals surface area contributed by atoms with Gasteiger partial charge in [-0.2, -0.15) is 5.10 Å². The van der Waals surface area contributed by atoms with Crippen LogP contribution in [0.2, 0.25) is 0 Å². The van der Waals surface area contributed by atoms with Crippen molar-refractivity contribution in [2.45, 2.75) is 25.8 Å². The summed E-state index contributed by atoms with van der Waals surface area (Å²) < 4.78 is 15.4. The van der Waals surface area contributed by atoms with Crippen molar-refractivity contribution in [3.8, 4) is 0 Å². The highest BCUT2D eigenvalue weighted by molar-refractivity contribution is 5.60. The molecule has 0 aliphatic carbocycles. The number of hydrogen-bond acceptors (Lipinski definition) is 3. The molecule has 0 amide bonds. The molecular weight excluding hydrogens is 267 g/mol. The first-order valence-corrected chi connectivity index (χ1v) is 7.41. The molecule has 1 aromatic carbocycles. The third kappa shape index (κ3) is 2.42. The molecule has 21 heavy (non-hydrogen) atoms. The topological polar surface area (TPSA) is 47.1 Å². The molecule has 2 N–H and O–H groups in total. The van der Waals surface area contributed by atoms with Crippen LogP contribution >= 0.6 is 0 Å². The predicted octanol–water partition coefficient (Wildman–Crippen LogP) is 2.18. The summed E-state index contributed by atoms with van der Waals surface area (Å²) in [6, 6.07) is 5.08. The summed E-state index contributed by atoms with van der Waals surface area (Å²) in [6.45, 7) is 3.46. The van der Waals surface area contributed by atoms with E-state index in [9.17, 15) is 4.39 Å². The van der Waals surface area contributed by atoms with Crippen LogP contribution in [-0.4, -0.2) is 22.9 Å². The Kier molecular flexibility index (Phi) is 3.68. The molecule has 0 fully saturated rings. The van der Waals surface area contributed by atoms with Gasteiger partial charge in [0, 0.05) is 37.6 Å². The Labute approximate surface area is 124 Å². The van der Waals surface area contributed by atoms with E-state index in [2.05, 4.69) is 16.9 Å². The summed E-state index contributed by atoms with van der Waals surface area (Å²) in [5.41, 5.74) is 10.4. The van der Waals surface area contributed by atoms with Gasteiger partial charge in [-0.3, -0.25) is 4.68 Å².